The predicted molar refractivity (Wildman–Crippen MR) is 120 cm³/mol. The van der Waals surface area contributed by atoms with Crippen molar-refractivity contribution in [1.29, 1.82) is 0 Å². The molecular weight excluding hydrogens is 406 g/mol. The lowest BCUT2D eigenvalue weighted by molar-refractivity contribution is 0.410. The van der Waals surface area contributed by atoms with Gasteiger partial charge in [0.2, 0.25) is 0 Å². The molecule has 0 aliphatic heterocycles. The number of hydrogen-bond donors (Lipinski definition) is 0. The van der Waals surface area contributed by atoms with Gasteiger partial charge in [0.15, 0.2) is 0 Å². The first-order valence-corrected chi connectivity index (χ1v) is 11.2. The van der Waals surface area contributed by atoms with Crippen molar-refractivity contribution >= 4 is 27.9 Å². The summed E-state index contributed by atoms with van der Waals surface area (Å²) in [4.78, 5) is 17.1. The smallest absolute Gasteiger partial charge is 0.368 e. The van der Waals surface area contributed by atoms with Gasteiger partial charge < -0.3 is 4.74 Å². The van der Waals surface area contributed by atoms with Crippen LogP contribution >= 0.6 is 23.5 Å². The van der Waals surface area contributed by atoms with Gasteiger partial charge in [-0.1, -0.05) is 42.1 Å². The fourth-order valence-corrected chi connectivity index (χ4v) is 4.47. The Labute approximate surface area is 178 Å². The standard InChI is InChI=1S/C20H23N5O2S2/c1-14-8-7-10-17(25-20(26)24(2)22-23-25)16(14)13-29-19(28-4)21-12-15-9-5-6-11-18(15)27-3/h5-11H,12-13H2,1-4H3. The van der Waals surface area contributed by atoms with Crippen molar-refractivity contribution in [2.75, 3.05) is 13.4 Å². The van der Waals surface area contributed by atoms with Gasteiger partial charge in [-0.25, -0.2) is 4.79 Å². The Morgan fingerprint density at radius 2 is 1.97 bits per heavy atom. The van der Waals surface area contributed by atoms with Crippen molar-refractivity contribution in [2.24, 2.45) is 12.0 Å². The zero-order valence-electron chi connectivity index (χ0n) is 16.8. The Bertz CT molecular complexity index is 1070. The Hall–Kier alpha value is -2.52. The molecule has 0 saturated carbocycles. The number of aryl methyl sites for hydroxylation is 2. The molecule has 2 aromatic carbocycles. The number of tetrazole rings is 1. The lowest BCUT2D eigenvalue weighted by Gasteiger charge is -2.12. The summed E-state index contributed by atoms with van der Waals surface area (Å²) < 4.78 is 8.94. The van der Waals surface area contributed by atoms with Crippen molar-refractivity contribution in [3.05, 3.63) is 69.6 Å². The molecule has 0 N–H and O–H groups in total. The van der Waals surface area contributed by atoms with Crippen molar-refractivity contribution < 1.29 is 4.74 Å². The maximum Gasteiger partial charge on any atom is 0.368 e. The largest absolute Gasteiger partial charge is 0.496 e. The lowest BCUT2D eigenvalue weighted by atomic mass is 10.1. The number of nitrogens with zero attached hydrogens (tertiary/aromatic N) is 5. The maximum absolute atomic E-state index is 12.3. The minimum atomic E-state index is -0.267. The van der Waals surface area contributed by atoms with Gasteiger partial charge in [-0.05, 0) is 46.9 Å². The molecular formula is C20H23N5O2S2. The summed E-state index contributed by atoms with van der Waals surface area (Å²) in [5, 5.41) is 7.81. The molecule has 1 aromatic heterocycles. The van der Waals surface area contributed by atoms with E-state index in [0.717, 1.165) is 32.5 Å². The lowest BCUT2D eigenvalue weighted by Crippen LogP contribution is -2.23. The van der Waals surface area contributed by atoms with E-state index in [1.54, 1.807) is 37.7 Å². The number of aliphatic imine (C=N–C) groups is 1. The van der Waals surface area contributed by atoms with Crippen LogP contribution in [0.5, 0.6) is 5.75 Å². The first-order valence-electron chi connectivity index (χ1n) is 8.96. The van der Waals surface area contributed by atoms with Crippen LogP contribution in [0.1, 0.15) is 16.7 Å². The molecule has 0 bridgehead atoms. The van der Waals surface area contributed by atoms with Gasteiger partial charge in [-0.2, -0.15) is 9.36 Å². The van der Waals surface area contributed by atoms with Crippen LogP contribution in [0.15, 0.2) is 52.3 Å². The number of para-hydroxylation sites is 1. The third-order valence-electron chi connectivity index (χ3n) is 4.42. The summed E-state index contributed by atoms with van der Waals surface area (Å²) in [6, 6.07) is 13.7. The van der Waals surface area contributed by atoms with Crippen molar-refractivity contribution in [3.8, 4) is 11.4 Å². The monoisotopic (exact) mass is 429 g/mol. The molecule has 29 heavy (non-hydrogen) atoms. The van der Waals surface area contributed by atoms with Crippen molar-refractivity contribution in [2.45, 2.75) is 19.2 Å². The summed E-state index contributed by atoms with van der Waals surface area (Å²) >= 11 is 3.25. The van der Waals surface area contributed by atoms with E-state index in [-0.39, 0.29) is 5.69 Å². The molecule has 9 heteroatoms. The Kier molecular flexibility index (Phi) is 7.16. The van der Waals surface area contributed by atoms with Crippen LogP contribution in [0.4, 0.5) is 0 Å². The Morgan fingerprint density at radius 3 is 2.66 bits per heavy atom. The molecule has 0 saturated heterocycles. The molecule has 1 heterocycles. The number of ether oxygens (including phenoxy) is 1. The number of benzene rings is 2. The SMILES string of the molecule is COc1ccccc1CN=C(SC)SCc1c(C)cccc1-n1nnn(C)c1=O. The number of hydrogen-bond acceptors (Lipinski definition) is 7. The second-order valence-corrected chi connectivity index (χ2v) is 8.27. The first kappa shape index (κ1) is 21.2. The molecule has 0 aliphatic carbocycles. The fourth-order valence-electron chi connectivity index (χ4n) is 2.82. The van der Waals surface area contributed by atoms with E-state index in [0.29, 0.717) is 12.3 Å². The van der Waals surface area contributed by atoms with Crippen LogP contribution in [-0.2, 0) is 19.3 Å². The predicted octanol–water partition coefficient (Wildman–Crippen LogP) is 3.44. The summed E-state index contributed by atoms with van der Waals surface area (Å²) in [6.45, 7) is 2.59. The zero-order chi connectivity index (χ0) is 20.8. The average molecular weight is 430 g/mol. The molecule has 3 rings (SSSR count). The molecule has 0 amide bonds. The molecule has 0 unspecified atom stereocenters. The van der Waals surface area contributed by atoms with Gasteiger partial charge in [0.1, 0.15) is 10.1 Å². The highest BCUT2D eigenvalue weighted by Crippen LogP contribution is 2.27. The third kappa shape index (κ3) is 4.91. The molecule has 0 fully saturated rings. The van der Waals surface area contributed by atoms with Gasteiger partial charge >= 0.3 is 5.69 Å². The van der Waals surface area contributed by atoms with E-state index in [4.69, 9.17) is 9.73 Å². The maximum atomic E-state index is 12.3. The highest BCUT2D eigenvalue weighted by molar-refractivity contribution is 8.38. The van der Waals surface area contributed by atoms with Crippen LogP contribution in [0.2, 0.25) is 0 Å². The highest BCUT2D eigenvalue weighted by atomic mass is 32.2. The third-order valence-corrected chi connectivity index (χ3v) is 6.56. The molecule has 0 aliphatic rings. The summed E-state index contributed by atoms with van der Waals surface area (Å²) in [7, 11) is 3.26. The fraction of sp³-hybridized carbons (Fsp3) is 0.300. The summed E-state index contributed by atoms with van der Waals surface area (Å²) in [5.74, 6) is 1.52. The topological polar surface area (TPSA) is 74.3 Å². The van der Waals surface area contributed by atoms with Crippen molar-refractivity contribution in [1.82, 2.24) is 19.8 Å². The van der Waals surface area contributed by atoms with E-state index in [1.165, 1.54) is 9.36 Å². The van der Waals surface area contributed by atoms with Crippen LogP contribution in [-0.4, -0.2) is 37.5 Å². The van der Waals surface area contributed by atoms with Gasteiger partial charge in [0, 0.05) is 18.4 Å². The van der Waals surface area contributed by atoms with Gasteiger partial charge in [-0.15, -0.1) is 11.8 Å². The van der Waals surface area contributed by atoms with E-state index in [2.05, 4.69) is 10.4 Å². The second-order valence-electron chi connectivity index (χ2n) is 6.26. The van der Waals surface area contributed by atoms with Crippen LogP contribution in [0.25, 0.3) is 5.69 Å². The second kappa shape index (κ2) is 9.80. The van der Waals surface area contributed by atoms with Crippen LogP contribution < -0.4 is 10.4 Å². The Balaban J connectivity index is 1.81. The summed E-state index contributed by atoms with van der Waals surface area (Å²) in [5.41, 5.74) is 3.67. The van der Waals surface area contributed by atoms with E-state index >= 15 is 0 Å². The van der Waals surface area contributed by atoms with Crippen LogP contribution in [0, 0.1) is 6.92 Å². The molecule has 152 valence electrons. The molecule has 3 aromatic rings. The minimum Gasteiger partial charge on any atom is -0.496 e. The number of thioether (sulfide) groups is 2. The average Bonchev–Trinajstić information content (AvgIpc) is 3.07. The number of aromatic nitrogens is 4. The summed E-state index contributed by atoms with van der Waals surface area (Å²) in [6.07, 6.45) is 2.01. The molecule has 0 spiro atoms. The van der Waals surface area contributed by atoms with Crippen molar-refractivity contribution in [3.63, 3.8) is 0 Å². The normalized spacial score (nSPS) is 11.7. The van der Waals surface area contributed by atoms with Gasteiger partial charge in [0.25, 0.3) is 0 Å². The first-order chi connectivity index (χ1) is 14.0. The van der Waals surface area contributed by atoms with E-state index in [9.17, 15) is 4.79 Å². The number of methoxy groups -OCH3 is 1. The minimum absolute atomic E-state index is 0.267. The molecule has 0 atom stereocenters. The van der Waals surface area contributed by atoms with Crippen LogP contribution in [0.3, 0.4) is 0 Å². The molecule has 7 nitrogen and oxygen atoms in total. The van der Waals surface area contributed by atoms with Gasteiger partial charge in [-0.3, -0.25) is 4.99 Å². The number of rotatable bonds is 6. The Morgan fingerprint density at radius 1 is 1.17 bits per heavy atom. The van der Waals surface area contributed by atoms with Gasteiger partial charge in [0.05, 0.1) is 19.3 Å². The molecule has 0 radical (unpaired) electrons. The highest BCUT2D eigenvalue weighted by Gasteiger charge is 2.14. The van der Waals surface area contributed by atoms with E-state index in [1.807, 2.05) is 55.6 Å². The van der Waals surface area contributed by atoms with E-state index < -0.39 is 0 Å². The zero-order valence-corrected chi connectivity index (χ0v) is 18.5. The quantitative estimate of drug-likeness (QED) is 0.441.